The quantitative estimate of drug-likeness (QED) is 0.771. The van der Waals surface area contributed by atoms with Gasteiger partial charge in [0.1, 0.15) is 0 Å². The summed E-state index contributed by atoms with van der Waals surface area (Å²) in [5.41, 5.74) is 3.68. The molecule has 0 unspecified atom stereocenters. The number of hydrogen-bond acceptors (Lipinski definition) is 1. The summed E-state index contributed by atoms with van der Waals surface area (Å²) in [6.07, 6.45) is 4.96. The van der Waals surface area contributed by atoms with Gasteiger partial charge in [0.05, 0.1) is 0 Å². The molecule has 0 heterocycles. The average molecular weight is 263 g/mol. The number of carbonyl (C=O) groups excluding carboxylic acids is 1. The maximum absolute atomic E-state index is 11.5. The molecule has 0 aliphatic carbocycles. The van der Waals surface area contributed by atoms with Gasteiger partial charge in [0.15, 0.2) is 0 Å². The van der Waals surface area contributed by atoms with Gasteiger partial charge >= 0.3 is 0 Å². The summed E-state index contributed by atoms with van der Waals surface area (Å²) in [5.74, 6) is 0.0935. The molecule has 0 atom stereocenters. The zero-order valence-corrected chi connectivity index (χ0v) is 13.2. The third kappa shape index (κ3) is 5.91. The summed E-state index contributed by atoms with van der Waals surface area (Å²) in [6.45, 7) is 10.2. The van der Waals surface area contributed by atoms with Crippen LogP contribution >= 0.6 is 0 Å². The first-order valence-corrected chi connectivity index (χ1v) is 7.63. The van der Waals surface area contributed by atoms with Crippen LogP contribution in [0.4, 0.5) is 5.69 Å². The summed E-state index contributed by atoms with van der Waals surface area (Å²) >= 11 is 0. The van der Waals surface area contributed by atoms with Crippen molar-refractivity contribution < 1.29 is 4.79 Å². The second-order valence-electron chi connectivity index (χ2n) is 4.30. The number of hydrogen-bond donors (Lipinski definition) is 1. The van der Waals surface area contributed by atoms with Crippen molar-refractivity contribution in [3.8, 4) is 0 Å². The third-order valence-corrected chi connectivity index (χ3v) is 3.03. The maximum atomic E-state index is 11.5. The fourth-order valence-electron chi connectivity index (χ4n) is 1.97. The van der Waals surface area contributed by atoms with Gasteiger partial charge in [-0.05, 0) is 36.5 Å². The fraction of sp³-hybridized carbons (Fsp3) is 0.588. The third-order valence-electron chi connectivity index (χ3n) is 3.03. The van der Waals surface area contributed by atoms with Gasteiger partial charge in [-0.1, -0.05) is 53.2 Å². The Morgan fingerprint density at radius 2 is 1.84 bits per heavy atom. The van der Waals surface area contributed by atoms with E-state index in [0.29, 0.717) is 6.42 Å². The molecular weight excluding hydrogens is 234 g/mol. The van der Waals surface area contributed by atoms with Crippen LogP contribution in [0.3, 0.4) is 0 Å². The zero-order chi connectivity index (χ0) is 14.7. The molecule has 1 amide bonds. The molecule has 2 nitrogen and oxygen atoms in total. The predicted molar refractivity (Wildman–Crippen MR) is 84.7 cm³/mol. The normalized spacial score (nSPS) is 9.53. The van der Waals surface area contributed by atoms with E-state index in [1.165, 1.54) is 24.0 Å². The van der Waals surface area contributed by atoms with Crippen LogP contribution < -0.4 is 5.32 Å². The number of benzene rings is 1. The first kappa shape index (κ1) is 17.7. The van der Waals surface area contributed by atoms with Gasteiger partial charge in [0.25, 0.3) is 0 Å². The standard InChI is InChI=1S/C15H23NO.C2H6/c1-4-7-10-13-12(5-2)9-8-11-14(13)16-15(17)6-3;1-2/h8-9,11H,4-7,10H2,1-3H3,(H,16,17);1-2H3. The number of amides is 1. The topological polar surface area (TPSA) is 29.1 Å². The molecule has 19 heavy (non-hydrogen) atoms. The van der Waals surface area contributed by atoms with Crippen LogP contribution in [-0.2, 0) is 17.6 Å². The second kappa shape index (κ2) is 10.6. The van der Waals surface area contributed by atoms with Crippen molar-refractivity contribution >= 4 is 11.6 Å². The monoisotopic (exact) mass is 263 g/mol. The minimum Gasteiger partial charge on any atom is -0.326 e. The van der Waals surface area contributed by atoms with Crippen LogP contribution in [0.1, 0.15) is 65.0 Å². The molecular formula is C17H29NO. The van der Waals surface area contributed by atoms with Crippen molar-refractivity contribution in [2.45, 2.75) is 66.7 Å². The Kier molecular flexibility index (Phi) is 9.87. The molecule has 1 aromatic rings. The van der Waals surface area contributed by atoms with E-state index in [1.807, 2.05) is 32.9 Å². The summed E-state index contributed by atoms with van der Waals surface area (Å²) < 4.78 is 0. The van der Waals surface area contributed by atoms with Crippen LogP contribution in [0.25, 0.3) is 0 Å². The molecule has 108 valence electrons. The van der Waals surface area contributed by atoms with Gasteiger partial charge in [-0.25, -0.2) is 0 Å². The highest BCUT2D eigenvalue weighted by molar-refractivity contribution is 5.91. The maximum Gasteiger partial charge on any atom is 0.224 e. The van der Waals surface area contributed by atoms with E-state index < -0.39 is 0 Å². The Bertz CT molecular complexity index is 372. The van der Waals surface area contributed by atoms with Gasteiger partial charge in [0.2, 0.25) is 5.91 Å². The van der Waals surface area contributed by atoms with Crippen molar-refractivity contribution in [1.29, 1.82) is 0 Å². The molecule has 0 aromatic heterocycles. The number of unbranched alkanes of at least 4 members (excludes halogenated alkanes) is 1. The second-order valence-corrected chi connectivity index (χ2v) is 4.30. The number of anilines is 1. The highest BCUT2D eigenvalue weighted by Gasteiger charge is 2.08. The van der Waals surface area contributed by atoms with Gasteiger partial charge < -0.3 is 5.32 Å². The smallest absolute Gasteiger partial charge is 0.224 e. The average Bonchev–Trinajstić information content (AvgIpc) is 2.47. The van der Waals surface area contributed by atoms with Crippen LogP contribution in [-0.4, -0.2) is 5.91 Å². The molecule has 1 N–H and O–H groups in total. The van der Waals surface area contributed by atoms with Crippen molar-refractivity contribution in [2.75, 3.05) is 5.32 Å². The molecule has 1 rings (SSSR count). The number of aryl methyl sites for hydroxylation is 1. The lowest BCUT2D eigenvalue weighted by atomic mass is 9.98. The number of rotatable bonds is 6. The summed E-state index contributed by atoms with van der Waals surface area (Å²) in [6, 6.07) is 6.20. The van der Waals surface area contributed by atoms with E-state index in [0.717, 1.165) is 18.5 Å². The molecule has 2 heteroatoms. The van der Waals surface area contributed by atoms with Crippen molar-refractivity contribution in [3.05, 3.63) is 29.3 Å². The van der Waals surface area contributed by atoms with Gasteiger partial charge in [-0.2, -0.15) is 0 Å². The van der Waals surface area contributed by atoms with Crippen LogP contribution in [0, 0.1) is 0 Å². The highest BCUT2D eigenvalue weighted by Crippen LogP contribution is 2.23. The van der Waals surface area contributed by atoms with Crippen molar-refractivity contribution in [3.63, 3.8) is 0 Å². The van der Waals surface area contributed by atoms with E-state index in [9.17, 15) is 4.79 Å². The van der Waals surface area contributed by atoms with Crippen LogP contribution in [0.15, 0.2) is 18.2 Å². The number of carbonyl (C=O) groups is 1. The Balaban J connectivity index is 0.00000154. The van der Waals surface area contributed by atoms with E-state index in [4.69, 9.17) is 0 Å². The van der Waals surface area contributed by atoms with Crippen molar-refractivity contribution in [2.24, 2.45) is 0 Å². The minimum atomic E-state index is 0.0935. The molecule has 0 bridgehead atoms. The SMILES string of the molecule is CC.CCCCc1c(CC)cccc1NC(=O)CC. The van der Waals surface area contributed by atoms with E-state index >= 15 is 0 Å². The largest absolute Gasteiger partial charge is 0.326 e. The van der Waals surface area contributed by atoms with Gasteiger partial charge in [-0.15, -0.1) is 0 Å². The van der Waals surface area contributed by atoms with E-state index in [1.54, 1.807) is 0 Å². The summed E-state index contributed by atoms with van der Waals surface area (Å²) in [7, 11) is 0. The number of nitrogens with one attached hydrogen (secondary N) is 1. The Morgan fingerprint density at radius 3 is 2.37 bits per heavy atom. The Morgan fingerprint density at radius 1 is 1.16 bits per heavy atom. The summed E-state index contributed by atoms with van der Waals surface area (Å²) in [5, 5.41) is 3.00. The fourth-order valence-corrected chi connectivity index (χ4v) is 1.97. The van der Waals surface area contributed by atoms with Gasteiger partial charge in [-0.3, -0.25) is 4.79 Å². The zero-order valence-electron chi connectivity index (χ0n) is 13.2. The van der Waals surface area contributed by atoms with Gasteiger partial charge in [0, 0.05) is 12.1 Å². The lowest BCUT2D eigenvalue weighted by Crippen LogP contribution is -2.12. The van der Waals surface area contributed by atoms with Crippen LogP contribution in [0.5, 0.6) is 0 Å². The lowest BCUT2D eigenvalue weighted by Gasteiger charge is -2.14. The van der Waals surface area contributed by atoms with Crippen molar-refractivity contribution in [1.82, 2.24) is 0 Å². The molecule has 0 saturated heterocycles. The van der Waals surface area contributed by atoms with Crippen LogP contribution in [0.2, 0.25) is 0 Å². The highest BCUT2D eigenvalue weighted by atomic mass is 16.1. The molecule has 0 aliphatic heterocycles. The molecule has 0 fully saturated rings. The Labute approximate surface area is 118 Å². The molecule has 0 saturated carbocycles. The molecule has 0 radical (unpaired) electrons. The Hall–Kier alpha value is -1.31. The molecule has 1 aromatic carbocycles. The predicted octanol–water partition coefficient (Wildman–Crippen LogP) is 4.97. The van der Waals surface area contributed by atoms with E-state index in [-0.39, 0.29) is 5.91 Å². The summed E-state index contributed by atoms with van der Waals surface area (Å²) in [4.78, 5) is 11.5. The molecule has 0 aliphatic rings. The molecule has 0 spiro atoms. The van der Waals surface area contributed by atoms with E-state index in [2.05, 4.69) is 25.2 Å². The minimum absolute atomic E-state index is 0.0935. The first-order chi connectivity index (χ1) is 9.22. The lowest BCUT2D eigenvalue weighted by molar-refractivity contribution is -0.115. The first-order valence-electron chi connectivity index (χ1n) is 7.63.